The Morgan fingerprint density at radius 3 is 2.69 bits per heavy atom. The summed E-state index contributed by atoms with van der Waals surface area (Å²) in [5.74, 6) is -1.30. The zero-order valence-corrected chi connectivity index (χ0v) is 25.1. The average molecular weight is 642 g/mol. The van der Waals surface area contributed by atoms with E-state index in [4.69, 9.17) is 14.2 Å². The van der Waals surface area contributed by atoms with Crippen LogP contribution in [-0.4, -0.2) is 82.8 Å². The second kappa shape index (κ2) is 11.1. The summed E-state index contributed by atoms with van der Waals surface area (Å²) in [7, 11) is 0. The minimum absolute atomic E-state index is 0.000145. The molecule has 9 nitrogen and oxygen atoms in total. The third-order valence-electron chi connectivity index (χ3n) is 9.98. The highest BCUT2D eigenvalue weighted by Crippen LogP contribution is 2.61. The fraction of sp³-hybridized carbons (Fsp3) is 0.562. The van der Waals surface area contributed by atoms with Gasteiger partial charge in [0.2, 0.25) is 5.91 Å². The summed E-state index contributed by atoms with van der Waals surface area (Å²) in [6.45, 7) is 2.94. The van der Waals surface area contributed by atoms with Crippen LogP contribution in [0, 0.1) is 5.92 Å². The number of amides is 1. The molecule has 5 aliphatic heterocycles. The molecule has 10 atom stereocenters. The van der Waals surface area contributed by atoms with E-state index in [0.717, 1.165) is 40.5 Å². The summed E-state index contributed by atoms with van der Waals surface area (Å²) in [6, 6.07) is 15.7. The van der Waals surface area contributed by atoms with E-state index in [1.807, 2.05) is 55.5 Å². The second-order valence-electron chi connectivity index (χ2n) is 12.2. The van der Waals surface area contributed by atoms with Crippen molar-refractivity contribution in [1.82, 2.24) is 4.90 Å². The van der Waals surface area contributed by atoms with Gasteiger partial charge in [-0.25, -0.2) is 0 Å². The standard InChI is InChI=1S/C32H37BrN2O7/c1-2-6-25-40-16-24-30(42-25)29(38)28(37)23(41-24)15-22(36)27-26(17-10-12-18(33)13-11-17)21-9-5-14-35(21)32(27)19-7-3-4-8-20(19)34-31(32)39/h3-4,7-8,10-13,21,23-30,37-38H,2,5-6,9,14-16H2,1H3,(H,34,39)/t21?,23-,24+,25?,26?,27+,28-,29+,30+,32+/m0/s1. The number of aliphatic hydroxyl groups excluding tert-OH is 2. The quantitative estimate of drug-likeness (QED) is 0.440. The van der Waals surface area contributed by atoms with Gasteiger partial charge in [0.15, 0.2) is 6.29 Å². The van der Waals surface area contributed by atoms with Gasteiger partial charge in [-0.2, -0.15) is 0 Å². The van der Waals surface area contributed by atoms with E-state index in [1.54, 1.807) is 0 Å². The molecule has 0 radical (unpaired) electrons. The van der Waals surface area contributed by atoms with Crippen LogP contribution in [0.5, 0.6) is 0 Å². The van der Waals surface area contributed by atoms with Gasteiger partial charge in [-0.05, 0) is 49.6 Å². The van der Waals surface area contributed by atoms with Gasteiger partial charge in [0, 0.05) is 34.1 Å². The van der Waals surface area contributed by atoms with E-state index in [-0.39, 0.29) is 36.7 Å². The predicted octanol–water partition coefficient (Wildman–Crippen LogP) is 3.46. The number of anilines is 1. The summed E-state index contributed by atoms with van der Waals surface area (Å²) in [6.07, 6.45) is -2.08. The van der Waals surface area contributed by atoms with Crippen molar-refractivity contribution in [2.45, 2.75) is 93.3 Å². The average Bonchev–Trinajstić information content (AvgIpc) is 3.65. The number of aliphatic hydroxyl groups is 2. The largest absolute Gasteiger partial charge is 0.388 e. The monoisotopic (exact) mass is 640 g/mol. The van der Waals surface area contributed by atoms with E-state index >= 15 is 0 Å². The maximum absolute atomic E-state index is 14.7. The van der Waals surface area contributed by atoms with Crippen molar-refractivity contribution in [3.05, 3.63) is 64.1 Å². The van der Waals surface area contributed by atoms with Crippen LogP contribution in [0.3, 0.4) is 0 Å². The highest BCUT2D eigenvalue weighted by molar-refractivity contribution is 9.10. The molecule has 4 fully saturated rings. The number of ether oxygens (including phenoxy) is 3. The molecule has 0 saturated carbocycles. The first-order valence-corrected chi connectivity index (χ1v) is 15.9. The van der Waals surface area contributed by atoms with Gasteiger partial charge >= 0.3 is 0 Å². The molecular formula is C32H37BrN2O7. The van der Waals surface area contributed by atoms with Gasteiger partial charge in [-0.3, -0.25) is 14.5 Å². The molecule has 0 bridgehead atoms. The Kier molecular flexibility index (Phi) is 7.53. The Balaban J connectivity index is 1.25. The Hall–Kier alpha value is -2.18. The van der Waals surface area contributed by atoms with Gasteiger partial charge in [0.1, 0.15) is 35.7 Å². The van der Waals surface area contributed by atoms with Crippen molar-refractivity contribution in [2.75, 3.05) is 18.5 Å². The molecule has 2 aromatic carbocycles. The van der Waals surface area contributed by atoms with Gasteiger partial charge in [-0.15, -0.1) is 0 Å². The van der Waals surface area contributed by atoms with E-state index in [0.29, 0.717) is 13.0 Å². The lowest BCUT2D eigenvalue weighted by Gasteiger charge is -2.47. The predicted molar refractivity (Wildman–Crippen MR) is 157 cm³/mol. The zero-order chi connectivity index (χ0) is 29.2. The molecule has 7 rings (SSSR count). The van der Waals surface area contributed by atoms with Crippen molar-refractivity contribution < 1.29 is 34.0 Å². The van der Waals surface area contributed by atoms with Crippen LogP contribution in [0.25, 0.3) is 0 Å². The van der Waals surface area contributed by atoms with Crippen molar-refractivity contribution in [3.8, 4) is 0 Å². The number of hydrogen-bond donors (Lipinski definition) is 3. The lowest BCUT2D eigenvalue weighted by Crippen LogP contribution is -2.63. The Labute approximate surface area is 253 Å². The molecule has 5 heterocycles. The molecule has 10 heteroatoms. The normalized spacial score (nSPS) is 39.1. The van der Waals surface area contributed by atoms with Crippen LogP contribution < -0.4 is 5.32 Å². The molecule has 42 heavy (non-hydrogen) atoms. The topological polar surface area (TPSA) is 118 Å². The highest BCUT2D eigenvalue weighted by Gasteiger charge is 2.69. The van der Waals surface area contributed by atoms with Crippen molar-refractivity contribution in [2.24, 2.45) is 5.92 Å². The minimum Gasteiger partial charge on any atom is -0.388 e. The number of fused-ring (bicyclic) bond motifs is 5. The van der Waals surface area contributed by atoms with E-state index in [1.165, 1.54) is 0 Å². The van der Waals surface area contributed by atoms with Crippen LogP contribution in [0.15, 0.2) is 53.0 Å². The number of nitrogens with zero attached hydrogens (tertiary/aromatic N) is 1. The van der Waals surface area contributed by atoms with Crippen LogP contribution in [0.4, 0.5) is 5.69 Å². The summed E-state index contributed by atoms with van der Waals surface area (Å²) >= 11 is 3.53. The SMILES string of the molecule is CCCC1OC[C@H]2O[C@@H](CC(=O)[C@@H]3C(c4ccc(Br)cc4)C4CCCN4[C@@]34C(=O)Nc3ccccc34)[C@H](O)[C@@H](O)[C@@H]2O1. The third kappa shape index (κ3) is 4.33. The first-order chi connectivity index (χ1) is 20.3. The lowest BCUT2D eigenvalue weighted by molar-refractivity contribution is -0.325. The van der Waals surface area contributed by atoms with E-state index < -0.39 is 48.3 Å². The van der Waals surface area contributed by atoms with Crippen LogP contribution in [-0.2, 0) is 29.3 Å². The van der Waals surface area contributed by atoms with Gasteiger partial charge < -0.3 is 29.7 Å². The third-order valence-corrected chi connectivity index (χ3v) is 10.5. The van der Waals surface area contributed by atoms with Gasteiger partial charge in [0.25, 0.3) is 0 Å². The highest BCUT2D eigenvalue weighted by atomic mass is 79.9. The number of halogens is 1. The molecule has 224 valence electrons. The molecule has 2 aromatic rings. The fourth-order valence-corrected chi connectivity index (χ4v) is 8.54. The smallest absolute Gasteiger partial charge is 0.250 e. The molecular weight excluding hydrogens is 604 g/mol. The molecule has 3 unspecified atom stereocenters. The summed E-state index contributed by atoms with van der Waals surface area (Å²) in [5, 5.41) is 25.3. The van der Waals surface area contributed by atoms with Crippen molar-refractivity contribution in [1.29, 1.82) is 0 Å². The van der Waals surface area contributed by atoms with Crippen LogP contribution >= 0.6 is 15.9 Å². The van der Waals surface area contributed by atoms with Crippen molar-refractivity contribution >= 4 is 33.3 Å². The number of para-hydroxylation sites is 1. The Morgan fingerprint density at radius 1 is 1.12 bits per heavy atom. The van der Waals surface area contributed by atoms with Gasteiger partial charge in [0.05, 0.1) is 18.6 Å². The number of benzene rings is 2. The summed E-state index contributed by atoms with van der Waals surface area (Å²) < 4.78 is 18.9. The van der Waals surface area contributed by atoms with Crippen molar-refractivity contribution in [3.63, 3.8) is 0 Å². The molecule has 3 N–H and O–H groups in total. The number of hydrogen-bond acceptors (Lipinski definition) is 8. The molecule has 0 aliphatic carbocycles. The summed E-state index contributed by atoms with van der Waals surface area (Å²) in [4.78, 5) is 31.1. The second-order valence-corrected chi connectivity index (χ2v) is 13.2. The van der Waals surface area contributed by atoms with Crippen LogP contribution in [0.2, 0.25) is 0 Å². The molecule has 1 amide bonds. The molecule has 0 aromatic heterocycles. The Bertz CT molecular complexity index is 1350. The van der Waals surface area contributed by atoms with Crippen LogP contribution in [0.1, 0.15) is 56.1 Å². The lowest BCUT2D eigenvalue weighted by atomic mass is 9.69. The minimum atomic E-state index is -1.32. The zero-order valence-electron chi connectivity index (χ0n) is 23.5. The summed E-state index contributed by atoms with van der Waals surface area (Å²) in [5.41, 5.74) is 1.38. The number of rotatable bonds is 6. The number of carbonyl (C=O) groups is 2. The number of nitrogens with one attached hydrogen (secondary N) is 1. The first kappa shape index (κ1) is 28.6. The van der Waals surface area contributed by atoms with E-state index in [2.05, 4.69) is 26.1 Å². The number of carbonyl (C=O) groups excluding carboxylic acids is 2. The Morgan fingerprint density at radius 2 is 1.90 bits per heavy atom. The maximum Gasteiger partial charge on any atom is 0.250 e. The van der Waals surface area contributed by atoms with E-state index in [9.17, 15) is 19.8 Å². The first-order valence-electron chi connectivity index (χ1n) is 15.1. The van der Waals surface area contributed by atoms with Gasteiger partial charge in [-0.1, -0.05) is 59.6 Å². The molecule has 5 aliphatic rings. The maximum atomic E-state index is 14.7. The molecule has 4 saturated heterocycles. The number of ketones is 1. The number of Topliss-reactive ketones (excluding diaryl/α,β-unsaturated/α-hetero) is 1. The fourth-order valence-electron chi connectivity index (χ4n) is 8.27. The molecule has 1 spiro atoms.